The quantitative estimate of drug-likeness (QED) is 0.371. The standard InChI is InChI=1S/C17H12/c1-11-6-7-13-10-12-4-2-3-5-15(12)16-9-8-14(11)17(13)16/h2-10H,1H3. The molecule has 0 radical (unpaired) electrons. The molecule has 1 aliphatic carbocycles. The molecular weight excluding hydrogens is 204 g/mol. The molecule has 17 heavy (non-hydrogen) atoms. The highest BCUT2D eigenvalue weighted by atomic mass is 14.2. The van der Waals surface area contributed by atoms with Crippen molar-refractivity contribution >= 4 is 33.7 Å². The monoisotopic (exact) mass is 216 g/mol. The molecule has 3 aromatic rings. The van der Waals surface area contributed by atoms with Crippen LogP contribution in [-0.2, 0) is 0 Å². The zero-order valence-electron chi connectivity index (χ0n) is 9.70. The summed E-state index contributed by atoms with van der Waals surface area (Å²) in [6.45, 7) is 2.18. The first-order valence-electron chi connectivity index (χ1n) is 5.98. The van der Waals surface area contributed by atoms with Crippen LogP contribution in [0.25, 0.3) is 33.7 Å². The number of hydrogen-bond acceptors (Lipinski definition) is 0. The Hall–Kier alpha value is -2.08. The van der Waals surface area contributed by atoms with Crippen LogP contribution in [0.15, 0.2) is 42.5 Å². The summed E-state index contributed by atoms with van der Waals surface area (Å²) in [4.78, 5) is 0. The molecule has 0 saturated carbocycles. The Morgan fingerprint density at radius 3 is 2.53 bits per heavy atom. The average molecular weight is 216 g/mol. The van der Waals surface area contributed by atoms with Gasteiger partial charge in [-0.15, -0.1) is 0 Å². The smallest absolute Gasteiger partial charge is 0.00297 e. The molecule has 0 spiro atoms. The third-order valence-electron chi connectivity index (χ3n) is 3.74. The summed E-state index contributed by atoms with van der Waals surface area (Å²) in [6.07, 6.45) is 4.51. The molecule has 80 valence electrons. The number of fused-ring (bicyclic) bond motifs is 2. The third kappa shape index (κ3) is 1.07. The van der Waals surface area contributed by atoms with E-state index in [4.69, 9.17) is 0 Å². The minimum absolute atomic E-state index is 1.33. The largest absolute Gasteiger partial charge is 0.0616 e. The van der Waals surface area contributed by atoms with Crippen molar-refractivity contribution in [2.24, 2.45) is 0 Å². The molecule has 0 bridgehead atoms. The molecule has 0 heterocycles. The maximum Gasteiger partial charge on any atom is -0.00297 e. The lowest BCUT2D eigenvalue weighted by Crippen LogP contribution is -1.84. The summed E-state index contributed by atoms with van der Waals surface area (Å²) in [5.74, 6) is 0. The number of hydrogen-bond donors (Lipinski definition) is 0. The Morgan fingerprint density at radius 1 is 0.765 bits per heavy atom. The Labute approximate surface area is 100 Å². The summed E-state index contributed by atoms with van der Waals surface area (Å²) < 4.78 is 0. The molecule has 0 atom stereocenters. The van der Waals surface area contributed by atoms with Crippen molar-refractivity contribution in [3.05, 3.63) is 59.2 Å². The van der Waals surface area contributed by atoms with E-state index >= 15 is 0 Å². The van der Waals surface area contributed by atoms with Crippen LogP contribution >= 0.6 is 0 Å². The highest BCUT2D eigenvalue weighted by Crippen LogP contribution is 2.38. The lowest BCUT2D eigenvalue weighted by molar-refractivity contribution is 1.49. The van der Waals surface area contributed by atoms with Gasteiger partial charge >= 0.3 is 0 Å². The maximum atomic E-state index is 2.30. The second-order valence-electron chi connectivity index (χ2n) is 4.74. The van der Waals surface area contributed by atoms with Gasteiger partial charge in [0.15, 0.2) is 0 Å². The number of benzene rings is 3. The van der Waals surface area contributed by atoms with Crippen molar-refractivity contribution in [3.63, 3.8) is 0 Å². The molecule has 0 fully saturated rings. The van der Waals surface area contributed by atoms with Gasteiger partial charge in [0, 0.05) is 0 Å². The third-order valence-corrected chi connectivity index (χ3v) is 3.74. The van der Waals surface area contributed by atoms with Gasteiger partial charge in [-0.2, -0.15) is 0 Å². The first kappa shape index (κ1) is 9.00. The van der Waals surface area contributed by atoms with Gasteiger partial charge in [0.1, 0.15) is 0 Å². The lowest BCUT2D eigenvalue weighted by atomic mass is 9.96. The molecule has 3 aromatic carbocycles. The predicted octanol–water partition coefficient (Wildman–Crippen LogP) is 4.79. The van der Waals surface area contributed by atoms with Crippen LogP contribution in [-0.4, -0.2) is 0 Å². The van der Waals surface area contributed by atoms with Crippen LogP contribution in [0.1, 0.15) is 16.7 Å². The molecule has 1 aliphatic rings. The van der Waals surface area contributed by atoms with Crippen molar-refractivity contribution in [1.29, 1.82) is 0 Å². The fourth-order valence-electron chi connectivity index (χ4n) is 2.89. The van der Waals surface area contributed by atoms with Crippen molar-refractivity contribution in [2.45, 2.75) is 6.92 Å². The topological polar surface area (TPSA) is 0 Å². The second kappa shape index (κ2) is 2.98. The van der Waals surface area contributed by atoms with Gasteiger partial charge in [0.05, 0.1) is 0 Å². The average Bonchev–Trinajstić information content (AvgIpc) is 2.80. The summed E-state index contributed by atoms with van der Waals surface area (Å²) >= 11 is 0. The van der Waals surface area contributed by atoms with E-state index in [9.17, 15) is 0 Å². The van der Waals surface area contributed by atoms with Gasteiger partial charge in [0.2, 0.25) is 0 Å². The van der Waals surface area contributed by atoms with E-state index < -0.39 is 0 Å². The van der Waals surface area contributed by atoms with Crippen LogP contribution in [0, 0.1) is 6.92 Å². The molecular formula is C17H12. The number of aryl methyl sites for hydroxylation is 1. The van der Waals surface area contributed by atoms with Gasteiger partial charge in [-0.05, 0) is 51.2 Å². The molecule has 0 aromatic heterocycles. The zero-order chi connectivity index (χ0) is 11.4. The van der Waals surface area contributed by atoms with Gasteiger partial charge in [-0.1, -0.05) is 48.6 Å². The van der Waals surface area contributed by atoms with E-state index in [0.29, 0.717) is 0 Å². The van der Waals surface area contributed by atoms with E-state index in [1.807, 2.05) is 0 Å². The summed E-state index contributed by atoms with van der Waals surface area (Å²) in [7, 11) is 0. The van der Waals surface area contributed by atoms with Crippen LogP contribution in [0.3, 0.4) is 0 Å². The first-order chi connectivity index (χ1) is 8.34. The second-order valence-corrected chi connectivity index (χ2v) is 4.74. The fraction of sp³-hybridized carbons (Fsp3) is 0.0588. The van der Waals surface area contributed by atoms with Crippen LogP contribution in [0.2, 0.25) is 0 Å². The molecule has 0 heteroatoms. The van der Waals surface area contributed by atoms with Crippen LogP contribution in [0.4, 0.5) is 0 Å². The highest BCUT2D eigenvalue weighted by molar-refractivity contribution is 6.15. The molecule has 0 aliphatic heterocycles. The fourth-order valence-corrected chi connectivity index (χ4v) is 2.89. The molecule has 0 unspecified atom stereocenters. The van der Waals surface area contributed by atoms with Crippen molar-refractivity contribution in [2.75, 3.05) is 0 Å². The Bertz CT molecular complexity index is 792. The van der Waals surface area contributed by atoms with E-state index in [-0.39, 0.29) is 0 Å². The van der Waals surface area contributed by atoms with Crippen molar-refractivity contribution in [3.8, 4) is 0 Å². The minimum atomic E-state index is 1.33. The van der Waals surface area contributed by atoms with Crippen LogP contribution < -0.4 is 0 Å². The van der Waals surface area contributed by atoms with E-state index in [0.717, 1.165) is 0 Å². The highest BCUT2D eigenvalue weighted by Gasteiger charge is 2.13. The van der Waals surface area contributed by atoms with Gasteiger partial charge < -0.3 is 0 Å². The number of rotatable bonds is 0. The minimum Gasteiger partial charge on any atom is -0.0616 e. The molecule has 0 N–H and O–H groups in total. The van der Waals surface area contributed by atoms with Gasteiger partial charge in [-0.3, -0.25) is 0 Å². The Kier molecular flexibility index (Phi) is 1.58. The van der Waals surface area contributed by atoms with Crippen molar-refractivity contribution < 1.29 is 0 Å². The predicted molar refractivity (Wildman–Crippen MR) is 75.1 cm³/mol. The van der Waals surface area contributed by atoms with Gasteiger partial charge in [-0.25, -0.2) is 0 Å². The zero-order valence-corrected chi connectivity index (χ0v) is 9.70. The maximum absolute atomic E-state index is 2.30. The SMILES string of the molecule is Cc1ccc2cc3ccccc3c3c2c1C=C3. The molecule has 4 rings (SSSR count). The normalized spacial score (nSPS) is 12.8. The Balaban J connectivity index is 2.35. The Morgan fingerprint density at radius 2 is 1.59 bits per heavy atom. The summed E-state index contributed by atoms with van der Waals surface area (Å²) in [5.41, 5.74) is 4.14. The van der Waals surface area contributed by atoms with Crippen LogP contribution in [0.5, 0.6) is 0 Å². The molecule has 0 amide bonds. The van der Waals surface area contributed by atoms with E-state index in [1.165, 1.54) is 38.2 Å². The molecule has 0 nitrogen and oxygen atoms in total. The summed E-state index contributed by atoms with van der Waals surface area (Å²) in [6, 6.07) is 15.4. The van der Waals surface area contributed by atoms with E-state index in [1.54, 1.807) is 0 Å². The molecule has 0 saturated heterocycles. The van der Waals surface area contributed by atoms with Crippen molar-refractivity contribution in [1.82, 2.24) is 0 Å². The first-order valence-corrected chi connectivity index (χ1v) is 5.98. The lowest BCUT2D eigenvalue weighted by Gasteiger charge is -2.08. The van der Waals surface area contributed by atoms with Gasteiger partial charge in [0.25, 0.3) is 0 Å². The van der Waals surface area contributed by atoms with E-state index in [2.05, 4.69) is 61.5 Å². The summed E-state index contributed by atoms with van der Waals surface area (Å²) in [5, 5.41) is 5.46.